The number of nitrogens with zero attached hydrogens (tertiary/aromatic N) is 1. The highest BCUT2D eigenvalue weighted by Gasteiger charge is 2.09. The Morgan fingerprint density at radius 3 is 2.71 bits per heavy atom. The lowest BCUT2D eigenvalue weighted by molar-refractivity contribution is -0.120. The van der Waals surface area contributed by atoms with Gasteiger partial charge in [0.25, 0.3) is 0 Å². The van der Waals surface area contributed by atoms with Crippen LogP contribution < -0.4 is 11.1 Å². The average Bonchev–Trinajstić information content (AvgIpc) is 2.81. The predicted molar refractivity (Wildman–Crippen MR) is 89.9 cm³/mol. The molecule has 1 aromatic heterocycles. The standard InChI is InChI=1S/C15H19N3OS.ClH/c1-11-15(12-5-3-2-4-6-12)18-14(20-11)8-10-17-13(19)7-9-16;/h2-6H,7-10,16H2,1H3,(H,17,19);1H. The molecule has 1 aromatic carbocycles. The molecule has 3 N–H and O–H groups in total. The van der Waals surface area contributed by atoms with Crippen molar-refractivity contribution >= 4 is 29.7 Å². The minimum Gasteiger partial charge on any atom is -0.356 e. The lowest BCUT2D eigenvalue weighted by atomic mass is 10.1. The molecule has 0 saturated carbocycles. The van der Waals surface area contributed by atoms with Crippen molar-refractivity contribution < 1.29 is 4.79 Å². The molecule has 114 valence electrons. The van der Waals surface area contributed by atoms with Crippen molar-refractivity contribution in [3.63, 3.8) is 0 Å². The summed E-state index contributed by atoms with van der Waals surface area (Å²) in [5.74, 6) is 0.00376. The maximum absolute atomic E-state index is 11.3. The van der Waals surface area contributed by atoms with E-state index in [4.69, 9.17) is 5.73 Å². The maximum Gasteiger partial charge on any atom is 0.221 e. The fourth-order valence-corrected chi connectivity index (χ4v) is 2.91. The third-order valence-corrected chi connectivity index (χ3v) is 3.95. The van der Waals surface area contributed by atoms with Gasteiger partial charge in [-0.1, -0.05) is 30.3 Å². The molecule has 0 atom stereocenters. The quantitative estimate of drug-likeness (QED) is 0.857. The predicted octanol–water partition coefficient (Wildman–Crippen LogP) is 2.55. The molecule has 21 heavy (non-hydrogen) atoms. The molecule has 6 heteroatoms. The average molecular weight is 326 g/mol. The summed E-state index contributed by atoms with van der Waals surface area (Å²) in [7, 11) is 0. The SMILES string of the molecule is Cc1sc(CCNC(=O)CCN)nc1-c1ccccc1.Cl. The van der Waals surface area contributed by atoms with Crippen molar-refractivity contribution in [1.82, 2.24) is 10.3 Å². The summed E-state index contributed by atoms with van der Waals surface area (Å²) in [6, 6.07) is 10.2. The Hall–Kier alpha value is -1.43. The molecule has 2 rings (SSSR count). The number of nitrogens with one attached hydrogen (secondary N) is 1. The van der Waals surface area contributed by atoms with E-state index in [1.807, 2.05) is 18.2 Å². The number of aryl methyl sites for hydroxylation is 1. The van der Waals surface area contributed by atoms with Gasteiger partial charge in [-0.3, -0.25) is 4.79 Å². The number of thiazole rings is 1. The molecule has 0 aliphatic carbocycles. The molecule has 0 fully saturated rings. The monoisotopic (exact) mass is 325 g/mol. The van der Waals surface area contributed by atoms with Crippen LogP contribution in [0, 0.1) is 6.92 Å². The van der Waals surface area contributed by atoms with E-state index >= 15 is 0 Å². The van der Waals surface area contributed by atoms with Crippen LogP contribution in [0.15, 0.2) is 30.3 Å². The summed E-state index contributed by atoms with van der Waals surface area (Å²) in [5.41, 5.74) is 7.51. The molecule has 0 bridgehead atoms. The van der Waals surface area contributed by atoms with Gasteiger partial charge in [-0.2, -0.15) is 0 Å². The normalized spacial score (nSPS) is 10.0. The molecule has 1 heterocycles. The van der Waals surface area contributed by atoms with Gasteiger partial charge >= 0.3 is 0 Å². The molecule has 0 spiro atoms. The molecule has 0 unspecified atom stereocenters. The minimum absolute atomic E-state index is 0. The van der Waals surface area contributed by atoms with Crippen molar-refractivity contribution in [3.8, 4) is 11.3 Å². The second-order valence-electron chi connectivity index (χ2n) is 4.52. The van der Waals surface area contributed by atoms with Gasteiger partial charge in [0, 0.05) is 36.4 Å². The Bertz CT molecular complexity index is 572. The van der Waals surface area contributed by atoms with Crippen LogP contribution >= 0.6 is 23.7 Å². The van der Waals surface area contributed by atoms with Crippen molar-refractivity contribution in [1.29, 1.82) is 0 Å². The molecule has 0 saturated heterocycles. The number of benzene rings is 1. The van der Waals surface area contributed by atoms with Gasteiger partial charge in [-0.15, -0.1) is 23.7 Å². The zero-order chi connectivity index (χ0) is 14.4. The van der Waals surface area contributed by atoms with E-state index in [9.17, 15) is 4.79 Å². The third-order valence-electron chi connectivity index (χ3n) is 2.92. The number of carbonyl (C=O) groups is 1. The van der Waals surface area contributed by atoms with E-state index in [-0.39, 0.29) is 18.3 Å². The number of rotatable bonds is 6. The van der Waals surface area contributed by atoms with Crippen LogP contribution in [0.25, 0.3) is 11.3 Å². The Kier molecular flexibility index (Phi) is 7.36. The van der Waals surface area contributed by atoms with Gasteiger partial charge in [0.2, 0.25) is 5.91 Å². The summed E-state index contributed by atoms with van der Waals surface area (Å²) >= 11 is 1.69. The van der Waals surface area contributed by atoms with Gasteiger partial charge < -0.3 is 11.1 Å². The Labute approximate surface area is 135 Å². The third kappa shape index (κ3) is 5.12. The van der Waals surface area contributed by atoms with Gasteiger partial charge in [0.15, 0.2) is 0 Å². The van der Waals surface area contributed by atoms with Crippen LogP contribution in [-0.4, -0.2) is 24.0 Å². The van der Waals surface area contributed by atoms with Crippen LogP contribution in [-0.2, 0) is 11.2 Å². The van der Waals surface area contributed by atoms with Crippen LogP contribution in [0.2, 0.25) is 0 Å². The lowest BCUT2D eigenvalue weighted by Crippen LogP contribution is -2.27. The van der Waals surface area contributed by atoms with Crippen LogP contribution in [0.4, 0.5) is 0 Å². The van der Waals surface area contributed by atoms with E-state index in [1.54, 1.807) is 11.3 Å². The highest BCUT2D eigenvalue weighted by Crippen LogP contribution is 2.27. The number of aromatic nitrogens is 1. The molecule has 0 aliphatic heterocycles. The molecule has 1 amide bonds. The second kappa shape index (κ2) is 8.77. The van der Waals surface area contributed by atoms with Crippen LogP contribution in [0.5, 0.6) is 0 Å². The highest BCUT2D eigenvalue weighted by molar-refractivity contribution is 7.12. The molecule has 0 radical (unpaired) electrons. The first-order valence-electron chi connectivity index (χ1n) is 6.69. The van der Waals surface area contributed by atoms with E-state index in [2.05, 4.69) is 29.4 Å². The highest BCUT2D eigenvalue weighted by atomic mass is 35.5. The van der Waals surface area contributed by atoms with Crippen LogP contribution in [0.1, 0.15) is 16.3 Å². The fourth-order valence-electron chi connectivity index (χ4n) is 1.95. The zero-order valence-electron chi connectivity index (χ0n) is 12.0. The summed E-state index contributed by atoms with van der Waals surface area (Å²) in [5, 5.41) is 3.90. The summed E-state index contributed by atoms with van der Waals surface area (Å²) < 4.78 is 0. The van der Waals surface area contributed by atoms with E-state index < -0.39 is 0 Å². The first-order chi connectivity index (χ1) is 9.70. The fraction of sp³-hybridized carbons (Fsp3) is 0.333. The Morgan fingerprint density at radius 2 is 2.05 bits per heavy atom. The number of amides is 1. The van der Waals surface area contributed by atoms with Crippen molar-refractivity contribution in [2.24, 2.45) is 5.73 Å². The van der Waals surface area contributed by atoms with Crippen molar-refractivity contribution in [2.75, 3.05) is 13.1 Å². The first-order valence-corrected chi connectivity index (χ1v) is 7.51. The number of halogens is 1. The first kappa shape index (κ1) is 17.6. The lowest BCUT2D eigenvalue weighted by Gasteiger charge is -2.01. The van der Waals surface area contributed by atoms with Crippen molar-refractivity contribution in [2.45, 2.75) is 19.8 Å². The summed E-state index contributed by atoms with van der Waals surface area (Å²) in [6.45, 7) is 3.08. The van der Waals surface area contributed by atoms with Gasteiger partial charge in [-0.25, -0.2) is 4.98 Å². The number of nitrogens with two attached hydrogens (primary N) is 1. The second-order valence-corrected chi connectivity index (χ2v) is 5.80. The zero-order valence-corrected chi connectivity index (χ0v) is 13.6. The van der Waals surface area contributed by atoms with Gasteiger partial charge in [0.1, 0.15) is 0 Å². The van der Waals surface area contributed by atoms with E-state index in [0.29, 0.717) is 19.5 Å². The Balaban J connectivity index is 0.00000220. The van der Waals surface area contributed by atoms with Gasteiger partial charge in [-0.05, 0) is 6.92 Å². The van der Waals surface area contributed by atoms with E-state index in [1.165, 1.54) is 4.88 Å². The summed E-state index contributed by atoms with van der Waals surface area (Å²) in [6.07, 6.45) is 1.14. The number of carbonyl (C=O) groups excluding carboxylic acids is 1. The number of hydrogen-bond acceptors (Lipinski definition) is 4. The molecular weight excluding hydrogens is 306 g/mol. The molecule has 2 aromatic rings. The number of hydrogen-bond donors (Lipinski definition) is 2. The van der Waals surface area contributed by atoms with E-state index in [0.717, 1.165) is 22.7 Å². The van der Waals surface area contributed by atoms with Crippen LogP contribution in [0.3, 0.4) is 0 Å². The molecular formula is C15H20ClN3OS. The van der Waals surface area contributed by atoms with Gasteiger partial charge in [0.05, 0.1) is 10.7 Å². The Morgan fingerprint density at radius 1 is 1.33 bits per heavy atom. The largest absolute Gasteiger partial charge is 0.356 e. The van der Waals surface area contributed by atoms with Crippen molar-refractivity contribution in [3.05, 3.63) is 40.2 Å². The summed E-state index contributed by atoms with van der Waals surface area (Å²) in [4.78, 5) is 17.2. The molecule has 4 nitrogen and oxygen atoms in total. The maximum atomic E-state index is 11.3. The smallest absolute Gasteiger partial charge is 0.221 e. The topological polar surface area (TPSA) is 68.0 Å². The molecule has 0 aliphatic rings. The minimum atomic E-state index is 0.